The van der Waals surface area contributed by atoms with Gasteiger partial charge in [-0.2, -0.15) is 13.2 Å². The number of aromatic nitrogens is 3. The molecular weight excluding hydrogens is 561 g/mol. The normalized spacial score (nSPS) is 22.2. The third-order valence-electron chi connectivity index (χ3n) is 7.20. The number of ether oxygens (including phenoxy) is 1. The fourth-order valence-corrected chi connectivity index (χ4v) is 5.12. The summed E-state index contributed by atoms with van der Waals surface area (Å²) in [6.45, 7) is 2.07. The highest BCUT2D eigenvalue weighted by molar-refractivity contribution is 6.05. The lowest BCUT2D eigenvalue weighted by atomic mass is 9.87. The molecule has 0 bridgehead atoms. The number of piperidine rings is 1. The van der Waals surface area contributed by atoms with Crippen LogP contribution in [-0.4, -0.2) is 80.7 Å². The van der Waals surface area contributed by atoms with E-state index in [0.29, 0.717) is 38.3 Å². The Morgan fingerprint density at radius 1 is 1.12 bits per heavy atom. The summed E-state index contributed by atoms with van der Waals surface area (Å²) in [7, 11) is 0. The molecule has 2 saturated heterocycles. The van der Waals surface area contributed by atoms with Crippen LogP contribution >= 0.6 is 0 Å². The highest BCUT2D eigenvalue weighted by Gasteiger charge is 2.41. The number of nitrogens with one attached hydrogen (secondary N) is 2. The number of carbonyl (C=O) groups excluding carboxylic acids is 3. The van der Waals surface area contributed by atoms with Gasteiger partial charge in [-0.05, 0) is 35.7 Å². The van der Waals surface area contributed by atoms with Crippen molar-refractivity contribution in [3.63, 3.8) is 0 Å². The van der Waals surface area contributed by atoms with Crippen LogP contribution in [0.5, 0.6) is 0 Å². The van der Waals surface area contributed by atoms with E-state index in [-0.39, 0.29) is 18.2 Å². The number of morpholine rings is 1. The molecule has 3 aliphatic heterocycles. The van der Waals surface area contributed by atoms with Crippen LogP contribution in [0, 0.1) is 0 Å². The Hall–Kier alpha value is -4.63. The van der Waals surface area contributed by atoms with E-state index in [9.17, 15) is 27.6 Å². The minimum atomic E-state index is -5.08. The van der Waals surface area contributed by atoms with Crippen molar-refractivity contribution >= 4 is 23.7 Å². The standard InChI is InChI=1S/C25H24N6O4.C2HF3O2/c32-22-9-8-20(23(33)27-22)30-13-16-12-18(6-7-19(16)24(30)34)31-14-21(28-29-31)25(15-35-11-10-26-25)17-4-2-1-3-5-17;3-2(4,5)1(6)7/h1-7,12,14,20,26H,8-11,13,15H2,(H,27,32,33);(H,6,7). The number of aliphatic carboxylic acids is 1. The lowest BCUT2D eigenvalue weighted by molar-refractivity contribution is -0.192. The highest BCUT2D eigenvalue weighted by Crippen LogP contribution is 2.32. The first-order chi connectivity index (χ1) is 20.0. The van der Waals surface area contributed by atoms with E-state index in [1.807, 2.05) is 48.7 Å². The maximum Gasteiger partial charge on any atom is 0.490 e. The van der Waals surface area contributed by atoms with E-state index in [2.05, 4.69) is 20.9 Å². The average molecular weight is 587 g/mol. The summed E-state index contributed by atoms with van der Waals surface area (Å²) in [5.74, 6) is -3.68. The van der Waals surface area contributed by atoms with Crippen molar-refractivity contribution in [3.8, 4) is 5.69 Å². The summed E-state index contributed by atoms with van der Waals surface area (Å²) in [6, 6.07) is 14.9. The largest absolute Gasteiger partial charge is 0.490 e. The minimum absolute atomic E-state index is 0.202. The molecule has 0 radical (unpaired) electrons. The molecule has 0 spiro atoms. The van der Waals surface area contributed by atoms with Crippen LogP contribution in [0.3, 0.4) is 0 Å². The maximum atomic E-state index is 13.0. The average Bonchev–Trinajstić information content (AvgIpc) is 3.59. The lowest BCUT2D eigenvalue weighted by Gasteiger charge is -2.37. The van der Waals surface area contributed by atoms with Crippen molar-refractivity contribution in [2.45, 2.75) is 37.1 Å². The van der Waals surface area contributed by atoms with Gasteiger partial charge >= 0.3 is 12.1 Å². The van der Waals surface area contributed by atoms with Gasteiger partial charge in [0.15, 0.2) is 0 Å². The fraction of sp³-hybridized carbons (Fsp3) is 0.333. The Kier molecular flexibility index (Phi) is 7.79. The molecule has 4 heterocycles. The molecule has 2 fully saturated rings. The van der Waals surface area contributed by atoms with E-state index >= 15 is 0 Å². The molecule has 3 N–H and O–H groups in total. The van der Waals surface area contributed by atoms with Gasteiger partial charge in [0.2, 0.25) is 11.8 Å². The number of benzene rings is 2. The second-order valence-corrected chi connectivity index (χ2v) is 9.84. The molecule has 3 aromatic rings. The minimum Gasteiger partial charge on any atom is -0.475 e. The fourth-order valence-electron chi connectivity index (χ4n) is 5.12. The third-order valence-corrected chi connectivity index (χ3v) is 7.20. The summed E-state index contributed by atoms with van der Waals surface area (Å²) in [4.78, 5) is 47.2. The number of rotatable bonds is 4. The number of halogens is 3. The third kappa shape index (κ3) is 5.60. The van der Waals surface area contributed by atoms with Crippen molar-refractivity contribution < 1.29 is 42.2 Å². The van der Waals surface area contributed by atoms with Crippen LogP contribution in [-0.2, 0) is 31.2 Å². The topological polar surface area (TPSA) is 156 Å². The molecule has 12 nitrogen and oxygen atoms in total. The summed E-state index contributed by atoms with van der Waals surface area (Å²) < 4.78 is 39.3. The Morgan fingerprint density at radius 2 is 1.86 bits per heavy atom. The van der Waals surface area contributed by atoms with Gasteiger partial charge in [0.1, 0.15) is 17.3 Å². The van der Waals surface area contributed by atoms with Gasteiger partial charge in [-0.15, -0.1) is 5.10 Å². The lowest BCUT2D eigenvalue weighted by Crippen LogP contribution is -2.52. The Balaban J connectivity index is 0.000000451. The second kappa shape index (κ2) is 11.3. The number of amides is 3. The van der Waals surface area contributed by atoms with Gasteiger partial charge in [-0.1, -0.05) is 35.5 Å². The molecule has 1 aromatic heterocycles. The van der Waals surface area contributed by atoms with Crippen LogP contribution in [0.2, 0.25) is 0 Å². The zero-order chi connectivity index (χ0) is 30.1. The molecule has 220 valence electrons. The first-order valence-corrected chi connectivity index (χ1v) is 12.9. The number of carbonyl (C=O) groups is 4. The predicted octanol–water partition coefficient (Wildman–Crippen LogP) is 1.52. The Bertz CT molecular complexity index is 1520. The van der Waals surface area contributed by atoms with Gasteiger partial charge in [0, 0.05) is 25.1 Å². The molecule has 0 aliphatic carbocycles. The summed E-state index contributed by atoms with van der Waals surface area (Å²) in [5, 5.41) is 21.9. The quantitative estimate of drug-likeness (QED) is 0.386. The molecule has 6 rings (SSSR count). The molecule has 2 aromatic carbocycles. The van der Waals surface area contributed by atoms with Crippen molar-refractivity contribution in [1.29, 1.82) is 0 Å². The summed E-state index contributed by atoms with van der Waals surface area (Å²) in [6.07, 6.45) is -2.64. The number of hydrogen-bond acceptors (Lipinski definition) is 8. The zero-order valence-electron chi connectivity index (χ0n) is 21.9. The van der Waals surface area contributed by atoms with Crippen LogP contribution in [0.15, 0.2) is 54.7 Å². The van der Waals surface area contributed by atoms with Gasteiger partial charge in [0.05, 0.1) is 25.1 Å². The Morgan fingerprint density at radius 3 is 2.50 bits per heavy atom. The first kappa shape index (κ1) is 28.9. The molecule has 3 amide bonds. The molecule has 2 atom stereocenters. The summed E-state index contributed by atoms with van der Waals surface area (Å²) >= 11 is 0. The van der Waals surface area contributed by atoms with Gasteiger partial charge < -0.3 is 14.7 Å². The summed E-state index contributed by atoms with van der Waals surface area (Å²) in [5.41, 5.74) is 3.32. The smallest absolute Gasteiger partial charge is 0.475 e. The van der Waals surface area contributed by atoms with Gasteiger partial charge in [-0.25, -0.2) is 9.48 Å². The van der Waals surface area contributed by atoms with E-state index in [0.717, 1.165) is 22.5 Å². The van der Waals surface area contributed by atoms with Crippen LogP contribution in [0.25, 0.3) is 5.69 Å². The SMILES string of the molecule is O=C(O)C(F)(F)F.O=C1CCC(N2Cc3cc(-n4cc(C5(c6ccccc6)COCCN5)nn4)ccc3C2=O)C(=O)N1. The van der Waals surface area contributed by atoms with Crippen LogP contribution in [0.4, 0.5) is 13.2 Å². The molecule has 3 aliphatic rings. The van der Waals surface area contributed by atoms with E-state index in [4.69, 9.17) is 14.6 Å². The molecular formula is C27H25F3N6O6. The Labute approximate surface area is 236 Å². The van der Waals surface area contributed by atoms with Crippen molar-refractivity contribution in [3.05, 3.63) is 77.1 Å². The number of carboxylic acid groups (broad SMARTS) is 1. The molecule has 2 unspecified atom stereocenters. The van der Waals surface area contributed by atoms with E-state index in [1.165, 1.54) is 4.90 Å². The van der Waals surface area contributed by atoms with E-state index < -0.39 is 29.6 Å². The monoisotopic (exact) mass is 586 g/mol. The zero-order valence-corrected chi connectivity index (χ0v) is 21.9. The molecule has 0 saturated carbocycles. The highest BCUT2D eigenvalue weighted by atomic mass is 19.4. The number of imide groups is 1. The van der Waals surface area contributed by atoms with Crippen LogP contribution in [0.1, 0.15) is 40.0 Å². The number of alkyl halides is 3. The van der Waals surface area contributed by atoms with Gasteiger partial charge in [0.25, 0.3) is 5.91 Å². The van der Waals surface area contributed by atoms with Crippen LogP contribution < -0.4 is 10.6 Å². The number of fused-ring (bicyclic) bond motifs is 1. The number of hydrogen-bond donors (Lipinski definition) is 3. The molecule has 15 heteroatoms. The van der Waals surface area contributed by atoms with Gasteiger partial charge in [-0.3, -0.25) is 25.0 Å². The number of nitrogens with zero attached hydrogens (tertiary/aromatic N) is 4. The predicted molar refractivity (Wildman–Crippen MR) is 137 cm³/mol. The second-order valence-electron chi connectivity index (χ2n) is 9.84. The maximum absolute atomic E-state index is 13.0. The number of carboxylic acids is 1. The van der Waals surface area contributed by atoms with Crippen molar-refractivity contribution in [1.82, 2.24) is 30.5 Å². The van der Waals surface area contributed by atoms with Crippen molar-refractivity contribution in [2.75, 3.05) is 19.8 Å². The van der Waals surface area contributed by atoms with E-state index in [1.54, 1.807) is 10.7 Å². The molecule has 42 heavy (non-hydrogen) atoms. The van der Waals surface area contributed by atoms with Crippen molar-refractivity contribution in [2.24, 2.45) is 0 Å². The first-order valence-electron chi connectivity index (χ1n) is 12.9.